The predicted octanol–water partition coefficient (Wildman–Crippen LogP) is 1.38. The van der Waals surface area contributed by atoms with Crippen molar-refractivity contribution < 1.29 is 13.2 Å². The van der Waals surface area contributed by atoms with Gasteiger partial charge in [-0.2, -0.15) is 13.2 Å². The predicted molar refractivity (Wildman–Crippen MR) is 76.5 cm³/mol. The number of aliphatic imine (C=N–C) groups is 1. The highest BCUT2D eigenvalue weighted by molar-refractivity contribution is 14.0. The second kappa shape index (κ2) is 7.37. The Morgan fingerprint density at radius 2 is 1.72 bits per heavy atom. The number of hydrogen-bond donors (Lipinski definition) is 1. The molecule has 0 aromatic rings. The van der Waals surface area contributed by atoms with Gasteiger partial charge in [0.1, 0.15) is 6.04 Å². The van der Waals surface area contributed by atoms with Gasteiger partial charge in [-0.1, -0.05) is 0 Å². The van der Waals surface area contributed by atoms with E-state index in [1.54, 1.807) is 14.1 Å². The van der Waals surface area contributed by atoms with Crippen molar-refractivity contribution in [3.8, 4) is 0 Å². The number of hydrogen-bond acceptors (Lipinski definition) is 2. The third-order valence-corrected chi connectivity index (χ3v) is 3.07. The molecule has 0 bridgehead atoms. The minimum atomic E-state index is -4.15. The molecule has 0 saturated carbocycles. The molecule has 1 saturated heterocycles. The Balaban J connectivity index is 0.00000289. The summed E-state index contributed by atoms with van der Waals surface area (Å²) < 4.78 is 37.6. The maximum absolute atomic E-state index is 12.5. The van der Waals surface area contributed by atoms with E-state index < -0.39 is 12.2 Å². The second-order valence-electron chi connectivity index (χ2n) is 4.04. The fraction of sp³-hybridized carbons (Fsp3) is 0.900. The zero-order valence-electron chi connectivity index (χ0n) is 10.8. The molecule has 0 aromatic heterocycles. The van der Waals surface area contributed by atoms with Crippen molar-refractivity contribution in [1.82, 2.24) is 15.1 Å². The van der Waals surface area contributed by atoms with Gasteiger partial charge in [-0.15, -0.1) is 24.0 Å². The summed E-state index contributed by atoms with van der Waals surface area (Å²) in [6.45, 7) is 3.15. The summed E-state index contributed by atoms with van der Waals surface area (Å²) in [6, 6.07) is -1.37. The topological polar surface area (TPSA) is 30.9 Å². The molecule has 0 spiro atoms. The van der Waals surface area contributed by atoms with E-state index in [1.807, 2.05) is 4.90 Å². The Kier molecular flexibility index (Phi) is 7.26. The minimum absolute atomic E-state index is 0. The van der Waals surface area contributed by atoms with E-state index in [4.69, 9.17) is 0 Å². The monoisotopic (exact) mass is 380 g/mol. The molecule has 108 valence electrons. The lowest BCUT2D eigenvalue weighted by Gasteiger charge is -2.39. The van der Waals surface area contributed by atoms with Crippen molar-refractivity contribution in [3.05, 3.63) is 0 Å². The van der Waals surface area contributed by atoms with Crippen molar-refractivity contribution in [2.75, 3.05) is 40.3 Å². The Hall–Kier alpha value is -0.250. The van der Waals surface area contributed by atoms with E-state index in [0.29, 0.717) is 26.2 Å². The Labute approximate surface area is 123 Å². The lowest BCUT2D eigenvalue weighted by Crippen LogP contribution is -2.56. The molecule has 4 nitrogen and oxygen atoms in total. The number of halogens is 4. The molecule has 1 unspecified atom stereocenters. The fourth-order valence-corrected chi connectivity index (χ4v) is 1.94. The molecule has 1 heterocycles. The number of guanidine groups is 1. The SMILES string of the molecule is CN=C(NC)N1CCN(C(C)C(F)(F)F)CC1.I. The number of piperazine rings is 1. The summed E-state index contributed by atoms with van der Waals surface area (Å²) in [6.07, 6.45) is -4.15. The first-order valence-electron chi connectivity index (χ1n) is 5.60. The molecule has 1 atom stereocenters. The molecule has 0 radical (unpaired) electrons. The van der Waals surface area contributed by atoms with Gasteiger partial charge < -0.3 is 10.2 Å². The highest BCUT2D eigenvalue weighted by Gasteiger charge is 2.40. The standard InChI is InChI=1S/C10H19F3N4.HI/c1-8(10(11,12)13)16-4-6-17(7-5-16)9(14-2)15-3;/h8H,4-7H2,1-3H3,(H,14,15);1H. The zero-order chi connectivity index (χ0) is 13.1. The van der Waals surface area contributed by atoms with Gasteiger partial charge in [0.2, 0.25) is 0 Å². The average molecular weight is 380 g/mol. The lowest BCUT2D eigenvalue weighted by molar-refractivity contribution is -0.181. The summed E-state index contributed by atoms with van der Waals surface area (Å²) in [4.78, 5) is 7.46. The van der Waals surface area contributed by atoms with Crippen molar-refractivity contribution >= 4 is 29.9 Å². The molecule has 18 heavy (non-hydrogen) atoms. The van der Waals surface area contributed by atoms with Crippen molar-refractivity contribution in [3.63, 3.8) is 0 Å². The zero-order valence-corrected chi connectivity index (χ0v) is 13.1. The van der Waals surface area contributed by atoms with Crippen molar-refractivity contribution in [2.24, 2.45) is 4.99 Å². The molecule has 1 aliphatic heterocycles. The highest BCUT2D eigenvalue weighted by atomic mass is 127. The first-order valence-corrected chi connectivity index (χ1v) is 5.60. The van der Waals surface area contributed by atoms with Gasteiger partial charge in [0.25, 0.3) is 0 Å². The number of alkyl halides is 3. The number of nitrogens with one attached hydrogen (secondary N) is 1. The largest absolute Gasteiger partial charge is 0.403 e. The number of rotatable bonds is 1. The first kappa shape index (κ1) is 17.8. The van der Waals surface area contributed by atoms with E-state index in [1.165, 1.54) is 11.8 Å². The van der Waals surface area contributed by atoms with Crippen LogP contribution in [-0.2, 0) is 0 Å². The Morgan fingerprint density at radius 1 is 1.22 bits per heavy atom. The van der Waals surface area contributed by atoms with E-state index in [2.05, 4.69) is 10.3 Å². The van der Waals surface area contributed by atoms with Crippen LogP contribution in [0, 0.1) is 0 Å². The molecule has 0 aromatic carbocycles. The minimum Gasteiger partial charge on any atom is -0.359 e. The van der Waals surface area contributed by atoms with Gasteiger partial charge in [-0.25, -0.2) is 0 Å². The van der Waals surface area contributed by atoms with Gasteiger partial charge >= 0.3 is 6.18 Å². The summed E-state index contributed by atoms with van der Waals surface area (Å²) >= 11 is 0. The smallest absolute Gasteiger partial charge is 0.359 e. The van der Waals surface area contributed by atoms with Crippen LogP contribution in [0.5, 0.6) is 0 Å². The van der Waals surface area contributed by atoms with E-state index in [0.717, 1.165) is 5.96 Å². The van der Waals surface area contributed by atoms with Gasteiger partial charge in [0.15, 0.2) is 5.96 Å². The average Bonchev–Trinajstić information content (AvgIpc) is 2.29. The summed E-state index contributed by atoms with van der Waals surface area (Å²) in [5.74, 6) is 0.726. The summed E-state index contributed by atoms with van der Waals surface area (Å²) in [5, 5.41) is 2.93. The lowest BCUT2D eigenvalue weighted by atomic mass is 10.2. The third-order valence-electron chi connectivity index (χ3n) is 3.07. The molecule has 8 heteroatoms. The van der Waals surface area contributed by atoms with Crippen LogP contribution in [0.4, 0.5) is 13.2 Å². The quantitative estimate of drug-likeness (QED) is 0.424. The van der Waals surface area contributed by atoms with Gasteiger partial charge in [0, 0.05) is 40.3 Å². The maximum Gasteiger partial charge on any atom is 0.403 e. The fourth-order valence-electron chi connectivity index (χ4n) is 1.94. The number of nitrogens with zero attached hydrogens (tertiary/aromatic N) is 3. The third kappa shape index (κ3) is 4.45. The van der Waals surface area contributed by atoms with Crippen LogP contribution in [0.2, 0.25) is 0 Å². The van der Waals surface area contributed by atoms with Crippen LogP contribution in [0.1, 0.15) is 6.92 Å². The normalized spacial score (nSPS) is 20.3. The molecule has 0 aliphatic carbocycles. The molecule has 1 N–H and O–H groups in total. The van der Waals surface area contributed by atoms with E-state index in [-0.39, 0.29) is 24.0 Å². The molecular formula is C10H20F3IN4. The molecular weight excluding hydrogens is 360 g/mol. The highest BCUT2D eigenvalue weighted by Crippen LogP contribution is 2.25. The van der Waals surface area contributed by atoms with Crippen LogP contribution in [0.15, 0.2) is 4.99 Å². The van der Waals surface area contributed by atoms with E-state index >= 15 is 0 Å². The summed E-state index contributed by atoms with van der Waals surface area (Å²) in [7, 11) is 3.42. The van der Waals surface area contributed by atoms with E-state index in [9.17, 15) is 13.2 Å². The molecule has 1 fully saturated rings. The van der Waals surface area contributed by atoms with Crippen LogP contribution in [-0.4, -0.2) is 68.3 Å². The van der Waals surface area contributed by atoms with Gasteiger partial charge in [0.05, 0.1) is 0 Å². The van der Waals surface area contributed by atoms with Gasteiger partial charge in [-0.3, -0.25) is 9.89 Å². The Morgan fingerprint density at radius 3 is 2.06 bits per heavy atom. The Bertz CT molecular complexity index is 275. The van der Waals surface area contributed by atoms with Crippen LogP contribution in [0.3, 0.4) is 0 Å². The first-order chi connectivity index (χ1) is 7.90. The second-order valence-corrected chi connectivity index (χ2v) is 4.04. The van der Waals surface area contributed by atoms with Crippen molar-refractivity contribution in [1.29, 1.82) is 0 Å². The molecule has 1 rings (SSSR count). The maximum atomic E-state index is 12.5. The van der Waals surface area contributed by atoms with Crippen LogP contribution >= 0.6 is 24.0 Å². The van der Waals surface area contributed by atoms with Crippen LogP contribution in [0.25, 0.3) is 0 Å². The van der Waals surface area contributed by atoms with Gasteiger partial charge in [-0.05, 0) is 6.92 Å². The van der Waals surface area contributed by atoms with Crippen LogP contribution < -0.4 is 5.32 Å². The molecule has 0 amide bonds. The van der Waals surface area contributed by atoms with Crippen molar-refractivity contribution in [2.45, 2.75) is 19.1 Å². The molecule has 1 aliphatic rings. The summed E-state index contributed by atoms with van der Waals surface area (Å²) in [5.41, 5.74) is 0.